The lowest BCUT2D eigenvalue weighted by molar-refractivity contribution is 0.0941. The highest BCUT2D eigenvalue weighted by atomic mass is 35.5. The first kappa shape index (κ1) is 22.1. The quantitative estimate of drug-likeness (QED) is 0.376. The SMILES string of the molecule is CN(C)Cc1ccc(-c2cn[nH]c2-c2n[nH]c(C(=O)NCc3ccc4c(c3)CCO4)n2)cc1Cl. The molecule has 0 atom stereocenters. The van der Waals surface area contributed by atoms with Crippen LogP contribution in [-0.4, -0.2) is 56.9 Å². The number of rotatable bonds is 7. The number of hydrogen-bond donors (Lipinski definition) is 3. The zero-order valence-electron chi connectivity index (χ0n) is 18.9. The first-order valence-corrected chi connectivity index (χ1v) is 11.3. The largest absolute Gasteiger partial charge is 0.493 e. The fourth-order valence-corrected chi connectivity index (χ4v) is 4.19. The van der Waals surface area contributed by atoms with Crippen molar-refractivity contribution in [3.63, 3.8) is 0 Å². The standard InChI is InChI=1S/C24H24ClN7O2/c1-32(2)13-17-5-4-15(10-19(17)25)18-12-27-29-21(18)22-28-23(31-30-22)24(33)26-11-14-3-6-20-16(9-14)7-8-34-20/h3-6,9-10,12H,7-8,11,13H2,1-2H3,(H,26,33)(H,27,29)(H,28,30,31). The van der Waals surface area contributed by atoms with Crippen LogP contribution in [0.4, 0.5) is 0 Å². The van der Waals surface area contributed by atoms with Gasteiger partial charge in [0.1, 0.15) is 11.4 Å². The molecule has 0 unspecified atom stereocenters. The predicted molar refractivity (Wildman–Crippen MR) is 129 cm³/mol. The Kier molecular flexibility index (Phi) is 6.04. The number of H-pyrrole nitrogens is 2. The van der Waals surface area contributed by atoms with Gasteiger partial charge in [-0.15, -0.1) is 0 Å². The maximum Gasteiger partial charge on any atom is 0.288 e. The summed E-state index contributed by atoms with van der Waals surface area (Å²) in [7, 11) is 3.99. The van der Waals surface area contributed by atoms with E-state index in [2.05, 4.69) is 41.7 Å². The molecule has 0 fully saturated rings. The van der Waals surface area contributed by atoms with Crippen molar-refractivity contribution in [3.8, 4) is 28.4 Å². The van der Waals surface area contributed by atoms with Crippen molar-refractivity contribution in [1.29, 1.82) is 0 Å². The molecule has 3 N–H and O–H groups in total. The number of carbonyl (C=O) groups excluding carboxylic acids is 1. The van der Waals surface area contributed by atoms with E-state index in [1.165, 1.54) is 0 Å². The van der Waals surface area contributed by atoms with Crippen LogP contribution in [-0.2, 0) is 19.5 Å². The first-order chi connectivity index (χ1) is 16.5. The fourth-order valence-electron chi connectivity index (χ4n) is 3.95. The summed E-state index contributed by atoms with van der Waals surface area (Å²) >= 11 is 6.50. The van der Waals surface area contributed by atoms with Gasteiger partial charge >= 0.3 is 0 Å². The highest BCUT2D eigenvalue weighted by Gasteiger charge is 2.19. The average Bonchev–Trinajstić information content (AvgIpc) is 3.58. The number of carbonyl (C=O) groups is 1. The Bertz CT molecular complexity index is 1340. The molecule has 1 amide bonds. The molecule has 0 saturated carbocycles. The zero-order valence-corrected chi connectivity index (χ0v) is 19.6. The smallest absolute Gasteiger partial charge is 0.288 e. The predicted octanol–water partition coefficient (Wildman–Crippen LogP) is 3.44. The van der Waals surface area contributed by atoms with E-state index in [1.807, 2.05) is 44.4 Å². The van der Waals surface area contributed by atoms with Gasteiger partial charge in [-0.3, -0.25) is 15.0 Å². The van der Waals surface area contributed by atoms with Crippen LogP contribution >= 0.6 is 11.6 Å². The summed E-state index contributed by atoms with van der Waals surface area (Å²) in [6.45, 7) is 1.83. The molecule has 2 aromatic carbocycles. The molecule has 2 aromatic heterocycles. The normalized spacial score (nSPS) is 12.6. The zero-order chi connectivity index (χ0) is 23.7. The van der Waals surface area contributed by atoms with Gasteiger partial charge in [-0.1, -0.05) is 35.9 Å². The maximum absolute atomic E-state index is 12.6. The van der Waals surface area contributed by atoms with Crippen molar-refractivity contribution >= 4 is 17.5 Å². The number of benzene rings is 2. The van der Waals surface area contributed by atoms with Crippen LogP contribution in [0.25, 0.3) is 22.6 Å². The number of fused-ring (bicyclic) bond motifs is 1. The second-order valence-electron chi connectivity index (χ2n) is 8.43. The van der Waals surface area contributed by atoms with Gasteiger partial charge in [-0.25, -0.2) is 4.98 Å². The van der Waals surface area contributed by atoms with Gasteiger partial charge in [0, 0.05) is 30.1 Å². The summed E-state index contributed by atoms with van der Waals surface area (Å²) in [5.41, 5.74) is 5.48. The topological polar surface area (TPSA) is 112 Å². The van der Waals surface area contributed by atoms with Gasteiger partial charge in [-0.2, -0.15) is 10.2 Å². The molecule has 0 bridgehead atoms. The number of aromatic nitrogens is 5. The number of nitrogens with zero attached hydrogens (tertiary/aromatic N) is 4. The highest BCUT2D eigenvalue weighted by Crippen LogP contribution is 2.31. The molecule has 4 aromatic rings. The van der Waals surface area contributed by atoms with Crippen LogP contribution in [0, 0.1) is 0 Å². The Hall–Kier alpha value is -3.69. The fraction of sp³-hybridized carbons (Fsp3) is 0.250. The molecule has 0 spiro atoms. The molecule has 5 rings (SSSR count). The van der Waals surface area contributed by atoms with Crippen LogP contribution in [0.2, 0.25) is 5.02 Å². The van der Waals surface area contributed by atoms with E-state index in [0.717, 1.165) is 46.5 Å². The monoisotopic (exact) mass is 477 g/mol. The van der Waals surface area contributed by atoms with Crippen LogP contribution in [0.1, 0.15) is 27.3 Å². The van der Waals surface area contributed by atoms with Crippen molar-refractivity contribution < 1.29 is 9.53 Å². The van der Waals surface area contributed by atoms with Crippen molar-refractivity contribution in [2.75, 3.05) is 20.7 Å². The lowest BCUT2D eigenvalue weighted by atomic mass is 10.0. The second kappa shape index (κ2) is 9.28. The molecule has 3 heterocycles. The molecular weight excluding hydrogens is 454 g/mol. The van der Waals surface area contributed by atoms with Gasteiger partial charge in [-0.05, 0) is 48.5 Å². The number of hydrogen-bond acceptors (Lipinski definition) is 6. The molecule has 9 nitrogen and oxygen atoms in total. The Morgan fingerprint density at radius 3 is 2.91 bits per heavy atom. The lowest BCUT2D eigenvalue weighted by Gasteiger charge is -2.12. The number of amides is 1. The van der Waals surface area contributed by atoms with Crippen molar-refractivity contribution in [3.05, 3.63) is 70.1 Å². The van der Waals surface area contributed by atoms with Crippen LogP contribution < -0.4 is 10.1 Å². The van der Waals surface area contributed by atoms with Gasteiger partial charge in [0.05, 0.1) is 12.8 Å². The van der Waals surface area contributed by atoms with E-state index in [0.29, 0.717) is 29.7 Å². The Morgan fingerprint density at radius 1 is 1.21 bits per heavy atom. The second-order valence-corrected chi connectivity index (χ2v) is 8.84. The Labute approximate surface area is 201 Å². The van der Waals surface area contributed by atoms with Gasteiger partial charge in [0.15, 0.2) is 5.82 Å². The lowest BCUT2D eigenvalue weighted by Crippen LogP contribution is -2.24. The molecular formula is C24H24ClN7O2. The molecule has 174 valence electrons. The minimum Gasteiger partial charge on any atom is -0.493 e. The van der Waals surface area contributed by atoms with E-state index < -0.39 is 0 Å². The summed E-state index contributed by atoms with van der Waals surface area (Å²) in [4.78, 5) is 19.1. The third kappa shape index (κ3) is 4.52. The van der Waals surface area contributed by atoms with Crippen LogP contribution in [0.5, 0.6) is 5.75 Å². The van der Waals surface area contributed by atoms with Gasteiger partial charge in [0.2, 0.25) is 5.82 Å². The summed E-state index contributed by atoms with van der Waals surface area (Å²) in [6.07, 6.45) is 2.58. The highest BCUT2D eigenvalue weighted by molar-refractivity contribution is 6.31. The summed E-state index contributed by atoms with van der Waals surface area (Å²) < 4.78 is 5.53. The Balaban J connectivity index is 1.30. The molecule has 0 saturated heterocycles. The van der Waals surface area contributed by atoms with Crippen molar-refractivity contribution in [2.24, 2.45) is 0 Å². The molecule has 1 aliphatic heterocycles. The third-order valence-corrected chi connectivity index (χ3v) is 5.97. The molecule has 1 aliphatic rings. The molecule has 0 aliphatic carbocycles. The van der Waals surface area contributed by atoms with E-state index in [-0.39, 0.29) is 11.7 Å². The first-order valence-electron chi connectivity index (χ1n) is 10.9. The number of ether oxygens (including phenoxy) is 1. The summed E-state index contributed by atoms with van der Waals surface area (Å²) in [5.74, 6) is 1.05. The number of aromatic amines is 2. The average molecular weight is 478 g/mol. The minimum atomic E-state index is -0.340. The van der Waals surface area contributed by atoms with E-state index >= 15 is 0 Å². The molecule has 34 heavy (non-hydrogen) atoms. The number of halogens is 1. The van der Waals surface area contributed by atoms with Crippen molar-refractivity contribution in [1.82, 2.24) is 35.6 Å². The summed E-state index contributed by atoms with van der Waals surface area (Å²) in [5, 5.41) is 17.6. The van der Waals surface area contributed by atoms with Gasteiger partial charge < -0.3 is 15.0 Å². The van der Waals surface area contributed by atoms with E-state index in [1.54, 1.807) is 6.20 Å². The Morgan fingerprint density at radius 2 is 2.09 bits per heavy atom. The van der Waals surface area contributed by atoms with Crippen LogP contribution in [0.3, 0.4) is 0 Å². The number of nitrogens with one attached hydrogen (secondary N) is 3. The molecule has 10 heteroatoms. The third-order valence-electron chi connectivity index (χ3n) is 5.62. The van der Waals surface area contributed by atoms with Crippen molar-refractivity contribution in [2.45, 2.75) is 19.5 Å². The summed E-state index contributed by atoms with van der Waals surface area (Å²) in [6, 6.07) is 11.8. The maximum atomic E-state index is 12.6. The molecule has 0 radical (unpaired) electrons. The minimum absolute atomic E-state index is 0.124. The van der Waals surface area contributed by atoms with E-state index in [4.69, 9.17) is 16.3 Å². The van der Waals surface area contributed by atoms with E-state index in [9.17, 15) is 4.79 Å². The van der Waals surface area contributed by atoms with Crippen LogP contribution in [0.15, 0.2) is 42.6 Å². The van der Waals surface area contributed by atoms with Gasteiger partial charge in [0.25, 0.3) is 5.91 Å².